The Morgan fingerprint density at radius 2 is 1.90 bits per heavy atom. The van der Waals surface area contributed by atoms with Crippen LogP contribution in [0.1, 0.15) is 38.5 Å². The summed E-state index contributed by atoms with van der Waals surface area (Å²) in [6.45, 7) is 0.863. The van der Waals surface area contributed by atoms with Crippen LogP contribution in [0.15, 0.2) is 5.11 Å². The molecule has 0 aromatic carbocycles. The zero-order chi connectivity index (χ0) is 15.0. The van der Waals surface area contributed by atoms with E-state index in [2.05, 4.69) is 15.3 Å². The third-order valence-corrected chi connectivity index (χ3v) is 3.61. The number of hydrogen-bond acceptors (Lipinski definition) is 2. The van der Waals surface area contributed by atoms with Crippen LogP contribution in [0.3, 0.4) is 0 Å². The van der Waals surface area contributed by atoms with Crippen LogP contribution in [0.2, 0.25) is 0 Å². The van der Waals surface area contributed by atoms with E-state index in [-0.39, 0.29) is 24.7 Å². The molecule has 1 N–H and O–H groups in total. The smallest absolute Gasteiger partial charge is 0.356 e. The Bertz CT molecular complexity index is 358. The molecule has 0 spiro atoms. The molecule has 0 saturated heterocycles. The Morgan fingerprint density at radius 1 is 1.25 bits per heavy atom. The van der Waals surface area contributed by atoms with Crippen LogP contribution in [0.4, 0.5) is 13.2 Å². The van der Waals surface area contributed by atoms with Crippen molar-refractivity contribution in [3.8, 4) is 0 Å². The molecule has 0 unspecified atom stereocenters. The Hall–Kier alpha value is -1.43. The quantitative estimate of drug-likeness (QED) is 0.345. The van der Waals surface area contributed by atoms with Gasteiger partial charge in [0.1, 0.15) is 0 Å². The highest BCUT2D eigenvalue weighted by molar-refractivity contribution is 5.78. The van der Waals surface area contributed by atoms with Gasteiger partial charge in [0.25, 0.3) is 0 Å². The van der Waals surface area contributed by atoms with Gasteiger partial charge in [0.05, 0.1) is 5.92 Å². The molecule has 1 saturated carbocycles. The number of carbonyl (C=O) groups is 1. The molecule has 1 amide bonds. The van der Waals surface area contributed by atoms with Gasteiger partial charge in [0, 0.05) is 23.9 Å². The Labute approximate surface area is 115 Å². The van der Waals surface area contributed by atoms with Crippen LogP contribution >= 0.6 is 0 Å². The standard InChI is InChI=1S/C12H19F3N4O/c13-12(14,15)10-5-3-9(4-6-10)11(20)17-7-1-2-8-18-19-16/h9-10H,1-8H2,(H,17,20). The Balaban J connectivity index is 2.18. The van der Waals surface area contributed by atoms with Gasteiger partial charge in [0.2, 0.25) is 5.91 Å². The minimum atomic E-state index is -4.14. The molecule has 0 radical (unpaired) electrons. The van der Waals surface area contributed by atoms with Gasteiger partial charge in [-0.05, 0) is 44.1 Å². The van der Waals surface area contributed by atoms with E-state index >= 15 is 0 Å². The van der Waals surface area contributed by atoms with Gasteiger partial charge in [-0.25, -0.2) is 0 Å². The van der Waals surface area contributed by atoms with Gasteiger partial charge in [0.15, 0.2) is 0 Å². The third-order valence-electron chi connectivity index (χ3n) is 3.61. The van der Waals surface area contributed by atoms with Crippen molar-refractivity contribution in [2.45, 2.75) is 44.7 Å². The van der Waals surface area contributed by atoms with E-state index in [1.54, 1.807) is 0 Å². The Morgan fingerprint density at radius 3 is 2.45 bits per heavy atom. The van der Waals surface area contributed by atoms with Gasteiger partial charge in [-0.2, -0.15) is 13.2 Å². The van der Waals surface area contributed by atoms with E-state index in [9.17, 15) is 18.0 Å². The lowest BCUT2D eigenvalue weighted by molar-refractivity contribution is -0.184. The second-order valence-corrected chi connectivity index (χ2v) is 5.04. The van der Waals surface area contributed by atoms with Crippen LogP contribution in [-0.4, -0.2) is 25.2 Å². The lowest BCUT2D eigenvalue weighted by atomic mass is 9.81. The lowest BCUT2D eigenvalue weighted by Crippen LogP contribution is -2.36. The number of rotatable bonds is 6. The second kappa shape index (κ2) is 7.99. The topological polar surface area (TPSA) is 77.9 Å². The van der Waals surface area contributed by atoms with Crippen LogP contribution in [-0.2, 0) is 4.79 Å². The SMILES string of the molecule is [N-]=[N+]=NCCCCNC(=O)C1CCC(C(F)(F)F)CC1. The van der Waals surface area contributed by atoms with Crippen molar-refractivity contribution in [1.29, 1.82) is 0 Å². The number of alkyl halides is 3. The molecule has 1 fully saturated rings. The zero-order valence-electron chi connectivity index (χ0n) is 11.2. The van der Waals surface area contributed by atoms with E-state index in [4.69, 9.17) is 5.53 Å². The van der Waals surface area contributed by atoms with Crippen LogP contribution in [0, 0.1) is 11.8 Å². The average molecular weight is 292 g/mol. The molecule has 0 aromatic rings. The number of amides is 1. The van der Waals surface area contributed by atoms with Crippen molar-refractivity contribution < 1.29 is 18.0 Å². The minimum absolute atomic E-state index is 0.0401. The fourth-order valence-corrected chi connectivity index (χ4v) is 2.39. The largest absolute Gasteiger partial charge is 0.391 e. The van der Waals surface area contributed by atoms with Crippen molar-refractivity contribution in [3.63, 3.8) is 0 Å². The normalized spacial score (nSPS) is 22.9. The first-order valence-electron chi connectivity index (χ1n) is 6.80. The maximum absolute atomic E-state index is 12.5. The van der Waals surface area contributed by atoms with E-state index in [0.29, 0.717) is 38.8 Å². The summed E-state index contributed by atoms with van der Waals surface area (Å²) in [5.41, 5.74) is 8.07. The first-order valence-corrected chi connectivity index (χ1v) is 6.80. The number of nitrogens with one attached hydrogen (secondary N) is 1. The van der Waals surface area contributed by atoms with Gasteiger partial charge in [-0.1, -0.05) is 5.11 Å². The molecule has 0 atom stereocenters. The highest BCUT2D eigenvalue weighted by Crippen LogP contribution is 2.39. The summed E-state index contributed by atoms with van der Waals surface area (Å²) in [6, 6.07) is 0. The van der Waals surface area contributed by atoms with E-state index in [1.807, 2.05) is 0 Å². The number of hydrogen-bond donors (Lipinski definition) is 1. The van der Waals surface area contributed by atoms with Gasteiger partial charge in [-0.15, -0.1) is 0 Å². The summed E-state index contributed by atoms with van der Waals surface area (Å²) >= 11 is 0. The fourth-order valence-electron chi connectivity index (χ4n) is 2.39. The van der Waals surface area contributed by atoms with E-state index < -0.39 is 12.1 Å². The summed E-state index contributed by atoms with van der Waals surface area (Å²) in [7, 11) is 0. The average Bonchev–Trinajstić information content (AvgIpc) is 2.41. The van der Waals surface area contributed by atoms with Gasteiger partial charge < -0.3 is 5.32 Å². The molecule has 20 heavy (non-hydrogen) atoms. The number of unbranched alkanes of at least 4 members (excludes halogenated alkanes) is 1. The molecule has 0 heterocycles. The third kappa shape index (κ3) is 5.69. The zero-order valence-corrected chi connectivity index (χ0v) is 11.2. The maximum atomic E-state index is 12.5. The molecular formula is C12H19F3N4O. The predicted octanol–water partition coefficient (Wildman–Crippen LogP) is 3.56. The van der Waals surface area contributed by atoms with Crippen LogP contribution < -0.4 is 5.32 Å². The number of halogens is 3. The number of nitrogens with zero attached hydrogens (tertiary/aromatic N) is 3. The van der Waals surface area contributed by atoms with Crippen LogP contribution in [0.25, 0.3) is 10.4 Å². The molecule has 114 valence electrons. The molecule has 0 aromatic heterocycles. The molecular weight excluding hydrogens is 273 g/mol. The Kier molecular flexibility index (Phi) is 6.64. The number of azide groups is 1. The molecule has 8 heteroatoms. The van der Waals surface area contributed by atoms with Gasteiger partial charge in [-0.3, -0.25) is 4.79 Å². The predicted molar refractivity (Wildman–Crippen MR) is 67.8 cm³/mol. The second-order valence-electron chi connectivity index (χ2n) is 5.04. The first kappa shape index (κ1) is 16.6. The van der Waals surface area contributed by atoms with Crippen molar-refractivity contribution in [3.05, 3.63) is 10.4 Å². The summed E-state index contributed by atoms with van der Waals surface area (Å²) in [4.78, 5) is 14.4. The monoisotopic (exact) mass is 292 g/mol. The van der Waals surface area contributed by atoms with Crippen molar-refractivity contribution >= 4 is 5.91 Å². The van der Waals surface area contributed by atoms with E-state index in [0.717, 1.165) is 0 Å². The van der Waals surface area contributed by atoms with Gasteiger partial charge >= 0.3 is 6.18 Å². The van der Waals surface area contributed by atoms with Crippen LogP contribution in [0.5, 0.6) is 0 Å². The first-order chi connectivity index (χ1) is 9.45. The van der Waals surface area contributed by atoms with E-state index in [1.165, 1.54) is 0 Å². The minimum Gasteiger partial charge on any atom is -0.356 e. The summed E-state index contributed by atoms with van der Waals surface area (Å²) in [5, 5.41) is 6.10. The maximum Gasteiger partial charge on any atom is 0.391 e. The molecule has 5 nitrogen and oxygen atoms in total. The van der Waals surface area contributed by atoms with Crippen molar-refractivity contribution in [2.75, 3.05) is 13.1 Å². The summed E-state index contributed by atoms with van der Waals surface area (Å²) < 4.78 is 37.5. The van der Waals surface area contributed by atoms with Crippen molar-refractivity contribution in [2.24, 2.45) is 17.0 Å². The summed E-state index contributed by atoms with van der Waals surface area (Å²) in [6.07, 6.45) is -2.07. The number of carbonyl (C=O) groups excluding carboxylic acids is 1. The molecule has 0 bridgehead atoms. The molecule has 1 aliphatic carbocycles. The molecule has 1 rings (SSSR count). The highest BCUT2D eigenvalue weighted by atomic mass is 19.4. The summed E-state index contributed by atoms with van der Waals surface area (Å²) in [5.74, 6) is -1.71. The fraction of sp³-hybridized carbons (Fsp3) is 0.917. The molecule has 1 aliphatic rings. The highest BCUT2D eigenvalue weighted by Gasteiger charge is 2.42. The van der Waals surface area contributed by atoms with Crippen molar-refractivity contribution in [1.82, 2.24) is 5.32 Å². The lowest BCUT2D eigenvalue weighted by Gasteiger charge is -2.29. The molecule has 0 aliphatic heterocycles.